The SMILES string of the molecule is COc1ccc(C)cc1N(CC(=O)N/N=C\c1cccc2c1OCCO2)S(=O)(=O)c1ccc(C)cc1. The number of carbonyl (C=O) groups excluding carboxylic acids is 1. The van der Waals surface area contributed by atoms with Gasteiger partial charge in [0.2, 0.25) is 0 Å². The first-order chi connectivity index (χ1) is 17.3. The molecule has 0 aromatic heterocycles. The third-order valence-electron chi connectivity index (χ3n) is 5.49. The van der Waals surface area contributed by atoms with E-state index < -0.39 is 22.5 Å². The van der Waals surface area contributed by atoms with Crippen molar-refractivity contribution in [2.24, 2.45) is 5.10 Å². The monoisotopic (exact) mass is 509 g/mol. The number of nitrogens with one attached hydrogen (secondary N) is 1. The normalized spacial score (nSPS) is 12.9. The highest BCUT2D eigenvalue weighted by molar-refractivity contribution is 7.92. The lowest BCUT2D eigenvalue weighted by Gasteiger charge is -2.25. The molecule has 1 amide bonds. The van der Waals surface area contributed by atoms with Gasteiger partial charge in [-0.2, -0.15) is 5.10 Å². The van der Waals surface area contributed by atoms with Crippen molar-refractivity contribution >= 4 is 27.8 Å². The van der Waals surface area contributed by atoms with Crippen LogP contribution < -0.4 is 23.9 Å². The lowest BCUT2D eigenvalue weighted by Crippen LogP contribution is -2.39. The largest absolute Gasteiger partial charge is 0.495 e. The fraction of sp³-hybridized carbons (Fsp3) is 0.231. The molecule has 1 N–H and O–H groups in total. The number of benzene rings is 3. The summed E-state index contributed by atoms with van der Waals surface area (Å²) in [5.41, 5.74) is 5.01. The number of nitrogens with zero attached hydrogens (tertiary/aromatic N) is 2. The molecule has 0 unspecified atom stereocenters. The van der Waals surface area contributed by atoms with Gasteiger partial charge in [0.15, 0.2) is 11.5 Å². The Morgan fingerprint density at radius 2 is 1.78 bits per heavy atom. The summed E-state index contributed by atoms with van der Waals surface area (Å²) in [7, 11) is -2.65. The lowest BCUT2D eigenvalue weighted by molar-refractivity contribution is -0.119. The maximum absolute atomic E-state index is 13.6. The highest BCUT2D eigenvalue weighted by Crippen LogP contribution is 2.34. The molecule has 0 bridgehead atoms. The molecule has 0 radical (unpaired) electrons. The second-order valence-electron chi connectivity index (χ2n) is 8.16. The van der Waals surface area contributed by atoms with Crippen LogP contribution in [0.3, 0.4) is 0 Å². The van der Waals surface area contributed by atoms with E-state index in [-0.39, 0.29) is 10.6 Å². The quantitative estimate of drug-likeness (QED) is 0.368. The van der Waals surface area contributed by atoms with Crippen LogP contribution in [0.15, 0.2) is 70.7 Å². The van der Waals surface area contributed by atoms with Crippen LogP contribution in [-0.2, 0) is 14.8 Å². The number of hydrogen-bond acceptors (Lipinski definition) is 7. The Hall–Kier alpha value is -4.05. The van der Waals surface area contributed by atoms with Gasteiger partial charge in [0.05, 0.1) is 23.9 Å². The summed E-state index contributed by atoms with van der Waals surface area (Å²) >= 11 is 0. The molecular weight excluding hydrogens is 482 g/mol. The average molecular weight is 510 g/mol. The fourth-order valence-electron chi connectivity index (χ4n) is 3.67. The zero-order chi connectivity index (χ0) is 25.7. The molecule has 0 aliphatic carbocycles. The van der Waals surface area contributed by atoms with Gasteiger partial charge < -0.3 is 14.2 Å². The number of ether oxygens (including phenoxy) is 3. The number of hydrogen-bond donors (Lipinski definition) is 1. The molecule has 36 heavy (non-hydrogen) atoms. The van der Waals surface area contributed by atoms with Crippen molar-refractivity contribution in [3.05, 3.63) is 77.4 Å². The molecule has 0 fully saturated rings. The molecule has 1 heterocycles. The van der Waals surface area contributed by atoms with Gasteiger partial charge in [0.1, 0.15) is 25.5 Å². The van der Waals surface area contributed by atoms with E-state index in [2.05, 4.69) is 10.5 Å². The minimum atomic E-state index is -4.10. The second-order valence-corrected chi connectivity index (χ2v) is 10.0. The Labute approximate surface area is 210 Å². The second kappa shape index (κ2) is 10.7. The number of aryl methyl sites for hydroxylation is 2. The smallest absolute Gasteiger partial charge is 0.264 e. The number of sulfonamides is 1. The minimum Gasteiger partial charge on any atom is -0.495 e. The van der Waals surface area contributed by atoms with Crippen LogP contribution >= 0.6 is 0 Å². The number of fused-ring (bicyclic) bond motifs is 1. The van der Waals surface area contributed by atoms with E-state index in [1.807, 2.05) is 13.8 Å². The Morgan fingerprint density at radius 3 is 2.53 bits per heavy atom. The van der Waals surface area contributed by atoms with Crippen molar-refractivity contribution in [2.75, 3.05) is 31.2 Å². The number of amides is 1. The van der Waals surface area contributed by atoms with E-state index in [1.54, 1.807) is 48.5 Å². The van der Waals surface area contributed by atoms with Gasteiger partial charge >= 0.3 is 0 Å². The Morgan fingerprint density at radius 1 is 1.06 bits per heavy atom. The number of para-hydroxylation sites is 1. The molecule has 0 saturated carbocycles. The summed E-state index contributed by atoms with van der Waals surface area (Å²) in [5, 5.41) is 4.01. The summed E-state index contributed by atoms with van der Waals surface area (Å²) in [6, 6.07) is 16.9. The van der Waals surface area contributed by atoms with Gasteiger partial charge in [0.25, 0.3) is 15.9 Å². The molecule has 0 spiro atoms. The lowest BCUT2D eigenvalue weighted by atomic mass is 10.2. The average Bonchev–Trinajstić information content (AvgIpc) is 2.87. The van der Waals surface area contributed by atoms with Crippen LogP contribution in [0.2, 0.25) is 0 Å². The molecular formula is C26H27N3O6S. The number of methoxy groups -OCH3 is 1. The standard InChI is InChI=1S/C26H27N3O6S/c1-18-7-10-21(11-8-18)36(31,32)29(22-15-19(2)9-12-23(22)33-3)17-25(30)28-27-16-20-5-4-6-24-26(20)35-14-13-34-24/h4-12,15-16H,13-14,17H2,1-3H3,(H,28,30)/b27-16-. The number of hydrazone groups is 1. The van der Waals surface area contributed by atoms with Crippen LogP contribution in [0.5, 0.6) is 17.2 Å². The van der Waals surface area contributed by atoms with E-state index in [0.717, 1.165) is 15.4 Å². The predicted octanol–water partition coefficient (Wildman–Crippen LogP) is 3.43. The first kappa shape index (κ1) is 25.1. The van der Waals surface area contributed by atoms with E-state index in [9.17, 15) is 13.2 Å². The van der Waals surface area contributed by atoms with E-state index in [4.69, 9.17) is 14.2 Å². The van der Waals surface area contributed by atoms with Crippen LogP contribution in [0.25, 0.3) is 0 Å². The van der Waals surface area contributed by atoms with E-state index >= 15 is 0 Å². The summed E-state index contributed by atoms with van der Waals surface area (Å²) in [5.74, 6) is 0.821. The molecule has 3 aromatic rings. The van der Waals surface area contributed by atoms with Crippen LogP contribution in [0.4, 0.5) is 5.69 Å². The van der Waals surface area contributed by atoms with Crippen molar-refractivity contribution in [2.45, 2.75) is 18.7 Å². The summed E-state index contributed by atoms with van der Waals surface area (Å²) in [6.07, 6.45) is 1.43. The predicted molar refractivity (Wildman–Crippen MR) is 137 cm³/mol. The van der Waals surface area contributed by atoms with Crippen molar-refractivity contribution in [3.63, 3.8) is 0 Å². The topological polar surface area (TPSA) is 107 Å². The first-order valence-electron chi connectivity index (χ1n) is 11.2. The van der Waals surface area contributed by atoms with Crippen molar-refractivity contribution in [3.8, 4) is 17.2 Å². The van der Waals surface area contributed by atoms with Gasteiger partial charge in [0, 0.05) is 5.56 Å². The van der Waals surface area contributed by atoms with Gasteiger partial charge in [-0.15, -0.1) is 0 Å². The Kier molecular flexibility index (Phi) is 7.44. The highest BCUT2D eigenvalue weighted by atomic mass is 32.2. The molecule has 10 heteroatoms. The van der Waals surface area contributed by atoms with Gasteiger partial charge in [-0.25, -0.2) is 13.8 Å². The Bertz CT molecular complexity index is 1390. The number of anilines is 1. The van der Waals surface area contributed by atoms with Gasteiger partial charge in [-0.3, -0.25) is 9.10 Å². The molecule has 3 aromatic carbocycles. The molecule has 1 aliphatic heterocycles. The van der Waals surface area contributed by atoms with Crippen LogP contribution in [0.1, 0.15) is 16.7 Å². The van der Waals surface area contributed by atoms with E-state index in [1.165, 1.54) is 25.5 Å². The molecule has 0 saturated heterocycles. The minimum absolute atomic E-state index is 0.0565. The van der Waals surface area contributed by atoms with E-state index in [0.29, 0.717) is 36.0 Å². The van der Waals surface area contributed by atoms with Gasteiger partial charge in [-0.1, -0.05) is 29.8 Å². The van der Waals surface area contributed by atoms with Crippen molar-refractivity contribution < 1.29 is 27.4 Å². The van der Waals surface area contributed by atoms with Crippen LogP contribution in [-0.4, -0.2) is 47.4 Å². The Balaban J connectivity index is 1.61. The maximum Gasteiger partial charge on any atom is 0.264 e. The summed E-state index contributed by atoms with van der Waals surface area (Å²) in [4.78, 5) is 13.0. The molecule has 9 nitrogen and oxygen atoms in total. The fourth-order valence-corrected chi connectivity index (χ4v) is 5.09. The first-order valence-corrected chi connectivity index (χ1v) is 12.7. The van der Waals surface area contributed by atoms with Crippen LogP contribution in [0, 0.1) is 13.8 Å². The summed E-state index contributed by atoms with van der Waals surface area (Å²) < 4.78 is 44.9. The summed E-state index contributed by atoms with van der Waals surface area (Å²) in [6.45, 7) is 4.05. The third kappa shape index (κ3) is 5.44. The zero-order valence-electron chi connectivity index (χ0n) is 20.2. The molecule has 0 atom stereocenters. The van der Waals surface area contributed by atoms with Gasteiger partial charge in [-0.05, 0) is 55.8 Å². The third-order valence-corrected chi connectivity index (χ3v) is 7.26. The number of carbonyl (C=O) groups is 1. The maximum atomic E-state index is 13.6. The van der Waals surface area contributed by atoms with Crippen molar-refractivity contribution in [1.82, 2.24) is 5.43 Å². The highest BCUT2D eigenvalue weighted by Gasteiger charge is 2.29. The van der Waals surface area contributed by atoms with Crippen molar-refractivity contribution in [1.29, 1.82) is 0 Å². The number of rotatable bonds is 8. The molecule has 1 aliphatic rings. The zero-order valence-corrected chi connectivity index (χ0v) is 21.0. The molecule has 188 valence electrons. The molecule has 4 rings (SSSR count).